The number of aryl methyl sites for hydroxylation is 1. The van der Waals surface area contributed by atoms with E-state index in [9.17, 15) is 9.18 Å². The van der Waals surface area contributed by atoms with Crippen molar-refractivity contribution in [1.29, 1.82) is 0 Å². The van der Waals surface area contributed by atoms with Gasteiger partial charge in [0, 0.05) is 41.3 Å². The van der Waals surface area contributed by atoms with E-state index < -0.39 is 6.30 Å². The van der Waals surface area contributed by atoms with E-state index in [4.69, 9.17) is 10.5 Å². The van der Waals surface area contributed by atoms with Crippen LogP contribution >= 0.6 is 0 Å². The number of hydrogen-bond donors (Lipinski definition) is 3. The maximum absolute atomic E-state index is 13.2. The van der Waals surface area contributed by atoms with Crippen LogP contribution < -0.4 is 16.4 Å². The van der Waals surface area contributed by atoms with Gasteiger partial charge in [-0.3, -0.25) is 9.20 Å². The van der Waals surface area contributed by atoms with Crippen molar-refractivity contribution < 1.29 is 35.0 Å². The molecule has 8 nitrogen and oxygen atoms in total. The standard InChI is InChI=1S/C26H28FN5O.C3H9N.C2H4O.C2H5.CH3.W/c1-4-5-6-24(33)22-12-11-21(15-17(22)2)31-25-26-29-16-23(32(26)14-13-28-25)19-7-9-20(10-8-19)30-18(3)27;1-2-3-4;1-2-3;1-2;;/h7-16,18,30H,4-6H2,1-3H3,(H,28,31);2-4H2,1H3;2H,1H3;1H2,2H3;1H3;/q;;;2*-1;+2. The number of hydrogen-bond acceptors (Lipinski definition) is 7. The molecule has 2 aromatic heterocycles. The zero-order chi connectivity index (χ0) is 31.5. The van der Waals surface area contributed by atoms with Crippen molar-refractivity contribution in [2.75, 3.05) is 17.2 Å². The quantitative estimate of drug-likeness (QED) is 0.0642. The van der Waals surface area contributed by atoms with E-state index in [1.54, 1.807) is 19.3 Å². The Morgan fingerprint density at radius 1 is 1.09 bits per heavy atom. The summed E-state index contributed by atoms with van der Waals surface area (Å²) < 4.78 is 15.1. The number of carbonyl (C=O) groups is 2. The third-order valence-electron chi connectivity index (χ3n) is 5.81. The van der Waals surface area contributed by atoms with Gasteiger partial charge in [0.2, 0.25) is 0 Å². The van der Waals surface area contributed by atoms with Crippen molar-refractivity contribution in [3.05, 3.63) is 86.5 Å². The van der Waals surface area contributed by atoms with Crippen LogP contribution in [0.1, 0.15) is 76.2 Å². The molecule has 0 saturated heterocycles. The Balaban J connectivity index is 0. The molecule has 4 aromatic rings. The van der Waals surface area contributed by atoms with Crippen LogP contribution in [0.15, 0.2) is 61.1 Å². The Kier molecular flexibility index (Phi) is 23.3. The average molecular weight is 777 g/mol. The van der Waals surface area contributed by atoms with Crippen molar-refractivity contribution in [3.63, 3.8) is 0 Å². The van der Waals surface area contributed by atoms with Crippen LogP contribution in [0.2, 0.25) is 0 Å². The number of carbonyl (C=O) groups excluding carboxylic acids is 2. The number of ketones is 1. The minimum atomic E-state index is -1.11. The van der Waals surface area contributed by atoms with E-state index in [-0.39, 0.29) is 34.3 Å². The van der Waals surface area contributed by atoms with Gasteiger partial charge in [0.15, 0.2) is 23.5 Å². The van der Waals surface area contributed by atoms with Crippen molar-refractivity contribution in [2.45, 2.75) is 73.5 Å². The Morgan fingerprint density at radius 2 is 1.68 bits per heavy atom. The summed E-state index contributed by atoms with van der Waals surface area (Å²) in [4.78, 5) is 30.3. The second-order valence-corrected chi connectivity index (χ2v) is 9.16. The molecule has 10 heteroatoms. The van der Waals surface area contributed by atoms with Gasteiger partial charge in [-0.25, -0.2) is 14.4 Å². The summed E-state index contributed by atoms with van der Waals surface area (Å²) in [6, 6.07) is 13.3. The van der Waals surface area contributed by atoms with Crippen molar-refractivity contribution in [3.8, 4) is 11.3 Å². The summed E-state index contributed by atoms with van der Waals surface area (Å²) in [7, 11) is 0. The molecule has 0 amide bonds. The molecule has 44 heavy (non-hydrogen) atoms. The van der Waals surface area contributed by atoms with Gasteiger partial charge in [0.1, 0.15) is 6.29 Å². The van der Waals surface area contributed by atoms with E-state index in [2.05, 4.69) is 41.4 Å². The number of anilines is 3. The first-order valence-electron chi connectivity index (χ1n) is 14.3. The van der Waals surface area contributed by atoms with Gasteiger partial charge >= 0.3 is 21.1 Å². The van der Waals surface area contributed by atoms with E-state index in [1.165, 1.54) is 13.8 Å². The molecule has 0 bridgehead atoms. The first-order valence-corrected chi connectivity index (χ1v) is 14.3. The second kappa shape index (κ2) is 24.0. The fourth-order valence-electron chi connectivity index (χ4n) is 3.85. The van der Waals surface area contributed by atoms with E-state index >= 15 is 0 Å². The van der Waals surface area contributed by atoms with Crippen molar-refractivity contribution in [1.82, 2.24) is 14.4 Å². The number of alkyl halides is 1. The number of nitrogens with two attached hydrogens (primary N) is 1. The van der Waals surface area contributed by atoms with E-state index in [1.807, 2.05) is 60.0 Å². The number of halogens is 1. The largest absolute Gasteiger partial charge is 2.00 e. The topological polar surface area (TPSA) is 114 Å². The molecule has 0 spiro atoms. The summed E-state index contributed by atoms with van der Waals surface area (Å²) in [5.41, 5.74) is 10.9. The Bertz CT molecular complexity index is 1360. The van der Waals surface area contributed by atoms with Crippen LogP contribution in [-0.2, 0) is 25.9 Å². The van der Waals surface area contributed by atoms with Crippen LogP contribution in [0, 0.1) is 21.3 Å². The van der Waals surface area contributed by atoms with Gasteiger partial charge in [-0.2, -0.15) is 6.92 Å². The molecule has 0 fully saturated rings. The van der Waals surface area contributed by atoms with Gasteiger partial charge in [0.25, 0.3) is 0 Å². The van der Waals surface area contributed by atoms with Gasteiger partial charge < -0.3 is 35.5 Å². The van der Waals surface area contributed by atoms with E-state index in [0.717, 1.165) is 65.9 Å². The average Bonchev–Trinajstić information content (AvgIpc) is 3.43. The second-order valence-electron chi connectivity index (χ2n) is 9.16. The third kappa shape index (κ3) is 13.5. The molecule has 0 saturated carbocycles. The summed E-state index contributed by atoms with van der Waals surface area (Å²) in [6.45, 7) is 14.8. The zero-order valence-electron chi connectivity index (χ0n) is 27.2. The maximum atomic E-state index is 13.2. The number of rotatable bonds is 10. The molecule has 0 aliphatic rings. The molecule has 1 unspecified atom stereocenters. The summed E-state index contributed by atoms with van der Waals surface area (Å²) in [6.07, 6.45) is 8.59. The summed E-state index contributed by atoms with van der Waals surface area (Å²) in [5, 5.41) is 6.08. The number of aromatic nitrogens is 3. The predicted octanol–water partition coefficient (Wildman–Crippen LogP) is 8.40. The van der Waals surface area contributed by atoms with Crippen LogP contribution in [0.5, 0.6) is 0 Å². The van der Waals surface area contributed by atoms with Crippen molar-refractivity contribution in [2.24, 2.45) is 5.73 Å². The Morgan fingerprint density at radius 3 is 2.20 bits per heavy atom. The number of Topliss-reactive ketones (excluding diaryl/α,β-unsaturated/α-hetero) is 1. The molecule has 1 atom stereocenters. The molecule has 0 radical (unpaired) electrons. The summed E-state index contributed by atoms with van der Waals surface area (Å²) >= 11 is 0. The maximum Gasteiger partial charge on any atom is 2.00 e. The van der Waals surface area contributed by atoms with Crippen LogP contribution in [-0.4, -0.2) is 39.3 Å². The van der Waals surface area contributed by atoms with Gasteiger partial charge in [-0.1, -0.05) is 32.4 Å². The first-order chi connectivity index (χ1) is 20.3. The van der Waals surface area contributed by atoms with Gasteiger partial charge in [0.05, 0.1) is 11.9 Å². The number of imidazole rings is 1. The number of fused-ring (bicyclic) bond motifs is 1. The monoisotopic (exact) mass is 776 g/mol. The normalized spacial score (nSPS) is 10.1. The molecule has 0 aliphatic carbocycles. The molecular formula is C34H49FN6O2W. The van der Waals surface area contributed by atoms with Gasteiger partial charge in [-0.05, 0) is 76.1 Å². The fraction of sp³-hybridized carbons (Fsp3) is 0.353. The number of nitrogens with one attached hydrogen (secondary N) is 2. The Hall–Kier alpha value is -3.42. The first kappa shape index (κ1) is 42.7. The molecule has 240 valence electrons. The minimum absolute atomic E-state index is 0. The minimum Gasteiger partial charge on any atom is -0.358 e. The number of nitrogens with zero attached hydrogens (tertiary/aromatic N) is 3. The molecule has 2 heterocycles. The zero-order valence-corrected chi connectivity index (χ0v) is 30.1. The third-order valence-corrected chi connectivity index (χ3v) is 5.81. The summed E-state index contributed by atoms with van der Waals surface area (Å²) in [5.74, 6) is 0.805. The number of benzene rings is 2. The van der Waals surface area contributed by atoms with Crippen molar-refractivity contribution >= 4 is 34.9 Å². The van der Waals surface area contributed by atoms with Crippen LogP contribution in [0.25, 0.3) is 16.9 Å². The molecule has 0 aliphatic heterocycles. The number of aldehydes is 1. The molecular weight excluding hydrogens is 727 g/mol. The molecule has 4 N–H and O–H groups in total. The van der Waals surface area contributed by atoms with Crippen LogP contribution in [0.4, 0.5) is 21.6 Å². The van der Waals surface area contributed by atoms with Gasteiger partial charge in [-0.15, -0.1) is 0 Å². The van der Waals surface area contributed by atoms with E-state index in [0.29, 0.717) is 17.9 Å². The fourth-order valence-corrected chi connectivity index (χ4v) is 3.85. The smallest absolute Gasteiger partial charge is 0.358 e. The Labute approximate surface area is 277 Å². The SMILES string of the molecule is CC=O.CCCCC(=O)c1ccc(Nc2nccn3c(-c4ccc(NC(C)F)cc4)cnc23)cc1C.CCCN.[CH2-]C.[CH3-].[W+2]. The van der Waals surface area contributed by atoms with Crippen LogP contribution in [0.3, 0.4) is 0 Å². The predicted molar refractivity (Wildman–Crippen MR) is 179 cm³/mol. The molecule has 2 aromatic carbocycles. The molecule has 4 rings (SSSR count). The number of unbranched alkanes of at least 4 members (excludes halogenated alkanes) is 1.